The minimum absolute atomic E-state index is 0.139. The highest BCUT2D eigenvalue weighted by atomic mass is 32.1. The summed E-state index contributed by atoms with van der Waals surface area (Å²) in [6.45, 7) is 13.5. The number of hydrogen-bond acceptors (Lipinski definition) is 2. The maximum absolute atomic E-state index is 2.34. The summed E-state index contributed by atoms with van der Waals surface area (Å²) < 4.78 is 0. The average molecular weight is 440 g/mol. The zero-order valence-corrected chi connectivity index (χ0v) is 20.8. The van der Waals surface area contributed by atoms with Gasteiger partial charge in [-0.3, -0.25) is 0 Å². The van der Waals surface area contributed by atoms with Crippen molar-refractivity contribution in [1.29, 1.82) is 0 Å². The van der Waals surface area contributed by atoms with Gasteiger partial charge in [0.2, 0.25) is 0 Å². The molecule has 0 unspecified atom stereocenters. The molecule has 0 amide bonds. The molecule has 0 aliphatic heterocycles. The van der Waals surface area contributed by atoms with Crippen LogP contribution >= 0.6 is 11.3 Å². The highest BCUT2D eigenvalue weighted by molar-refractivity contribution is 7.08. The lowest BCUT2D eigenvalue weighted by Crippen LogP contribution is -2.14. The lowest BCUT2D eigenvalue weighted by atomic mass is 9.86. The third-order valence-corrected chi connectivity index (χ3v) is 6.65. The lowest BCUT2D eigenvalue weighted by molar-refractivity contribution is 0.590. The molecular formula is C30H33NS. The van der Waals surface area contributed by atoms with Gasteiger partial charge in [-0.15, -0.1) is 0 Å². The summed E-state index contributed by atoms with van der Waals surface area (Å²) in [5.74, 6) is 0. The van der Waals surface area contributed by atoms with Crippen molar-refractivity contribution in [3.05, 3.63) is 101 Å². The minimum Gasteiger partial charge on any atom is -0.311 e. The monoisotopic (exact) mass is 439 g/mol. The number of rotatable bonds is 4. The van der Waals surface area contributed by atoms with E-state index in [-0.39, 0.29) is 10.8 Å². The summed E-state index contributed by atoms with van der Waals surface area (Å²) in [6, 6.07) is 29.0. The summed E-state index contributed by atoms with van der Waals surface area (Å²) >= 11 is 1.73. The van der Waals surface area contributed by atoms with E-state index in [9.17, 15) is 0 Å². The molecule has 4 rings (SSSR count). The van der Waals surface area contributed by atoms with E-state index in [1.165, 1.54) is 33.6 Å². The van der Waals surface area contributed by atoms with E-state index in [0.29, 0.717) is 0 Å². The van der Waals surface area contributed by atoms with Crippen LogP contribution in [0.1, 0.15) is 52.7 Å². The Balaban J connectivity index is 1.76. The molecule has 0 N–H and O–H groups in total. The van der Waals surface area contributed by atoms with Crippen molar-refractivity contribution in [3.8, 4) is 11.1 Å². The van der Waals surface area contributed by atoms with Crippen LogP contribution in [-0.4, -0.2) is 0 Å². The quantitative estimate of drug-likeness (QED) is 0.306. The molecule has 0 bridgehead atoms. The molecule has 4 aromatic rings. The summed E-state index contributed by atoms with van der Waals surface area (Å²) in [6.07, 6.45) is 0. The van der Waals surface area contributed by atoms with E-state index < -0.39 is 0 Å². The van der Waals surface area contributed by atoms with Gasteiger partial charge in [0.15, 0.2) is 0 Å². The molecule has 164 valence electrons. The third-order valence-electron chi connectivity index (χ3n) is 5.96. The fraction of sp³-hybridized carbons (Fsp3) is 0.267. The van der Waals surface area contributed by atoms with Crippen LogP contribution in [-0.2, 0) is 10.8 Å². The van der Waals surface area contributed by atoms with Crippen molar-refractivity contribution in [3.63, 3.8) is 0 Å². The van der Waals surface area contributed by atoms with Gasteiger partial charge in [-0.2, -0.15) is 11.3 Å². The number of anilines is 3. The van der Waals surface area contributed by atoms with Crippen molar-refractivity contribution in [1.82, 2.24) is 0 Å². The SMILES string of the molecule is CC(C)(C)c1ccc(N(c2ccc(-c3ccsc3)cc2)c2ccc(C(C)(C)C)cc2)cc1. The first kappa shape index (κ1) is 22.4. The first-order valence-corrected chi connectivity index (χ1v) is 12.2. The van der Waals surface area contributed by atoms with Gasteiger partial charge in [-0.1, -0.05) is 77.9 Å². The smallest absolute Gasteiger partial charge is 0.0462 e. The summed E-state index contributed by atoms with van der Waals surface area (Å²) in [5.41, 5.74) is 9.00. The third kappa shape index (κ3) is 4.81. The summed E-state index contributed by atoms with van der Waals surface area (Å²) in [7, 11) is 0. The predicted octanol–water partition coefficient (Wildman–Crippen LogP) is 9.48. The zero-order chi connectivity index (χ0) is 22.9. The predicted molar refractivity (Wildman–Crippen MR) is 142 cm³/mol. The average Bonchev–Trinajstić information content (AvgIpc) is 3.29. The fourth-order valence-electron chi connectivity index (χ4n) is 3.90. The van der Waals surface area contributed by atoms with Gasteiger partial charge < -0.3 is 4.90 Å². The number of nitrogens with zero attached hydrogens (tertiary/aromatic N) is 1. The molecule has 0 radical (unpaired) electrons. The van der Waals surface area contributed by atoms with Crippen LogP contribution in [0.4, 0.5) is 17.1 Å². The van der Waals surface area contributed by atoms with Crippen LogP contribution in [0.25, 0.3) is 11.1 Å². The maximum atomic E-state index is 2.34. The van der Waals surface area contributed by atoms with Crippen LogP contribution in [0.5, 0.6) is 0 Å². The second-order valence-electron chi connectivity index (χ2n) is 10.5. The summed E-state index contributed by atoms with van der Waals surface area (Å²) in [4.78, 5) is 2.34. The first-order chi connectivity index (χ1) is 15.1. The molecule has 0 fully saturated rings. The first-order valence-electron chi connectivity index (χ1n) is 11.3. The Morgan fingerprint density at radius 1 is 0.500 bits per heavy atom. The Morgan fingerprint density at radius 2 is 0.906 bits per heavy atom. The number of hydrogen-bond donors (Lipinski definition) is 0. The topological polar surface area (TPSA) is 3.24 Å². The van der Waals surface area contributed by atoms with Crippen LogP contribution in [0.15, 0.2) is 89.6 Å². The van der Waals surface area contributed by atoms with Crippen LogP contribution in [0.2, 0.25) is 0 Å². The molecule has 32 heavy (non-hydrogen) atoms. The lowest BCUT2D eigenvalue weighted by Gasteiger charge is -2.28. The molecule has 0 aliphatic carbocycles. The van der Waals surface area contributed by atoms with Gasteiger partial charge in [0.05, 0.1) is 0 Å². The molecule has 2 heteroatoms. The normalized spacial score (nSPS) is 12.1. The van der Waals surface area contributed by atoms with Gasteiger partial charge in [0.25, 0.3) is 0 Å². The molecule has 1 nitrogen and oxygen atoms in total. The Morgan fingerprint density at radius 3 is 1.25 bits per heavy atom. The largest absolute Gasteiger partial charge is 0.311 e. The maximum Gasteiger partial charge on any atom is 0.0462 e. The molecule has 0 spiro atoms. The Kier molecular flexibility index (Phi) is 6.01. The van der Waals surface area contributed by atoms with Crippen molar-refractivity contribution < 1.29 is 0 Å². The van der Waals surface area contributed by atoms with Gasteiger partial charge in [-0.25, -0.2) is 0 Å². The van der Waals surface area contributed by atoms with E-state index >= 15 is 0 Å². The van der Waals surface area contributed by atoms with Gasteiger partial charge in [0.1, 0.15) is 0 Å². The molecule has 0 atom stereocenters. The van der Waals surface area contributed by atoms with Crippen LogP contribution in [0, 0.1) is 0 Å². The van der Waals surface area contributed by atoms with E-state index in [0.717, 1.165) is 5.69 Å². The van der Waals surface area contributed by atoms with Crippen molar-refractivity contribution in [2.75, 3.05) is 4.90 Å². The fourth-order valence-corrected chi connectivity index (χ4v) is 4.56. The van der Waals surface area contributed by atoms with Gasteiger partial charge in [-0.05, 0) is 86.3 Å². The Hall–Kier alpha value is -2.84. The molecule has 1 heterocycles. The van der Waals surface area contributed by atoms with Crippen molar-refractivity contribution >= 4 is 28.4 Å². The Labute approximate surface area is 197 Å². The number of thiophene rings is 1. The van der Waals surface area contributed by atoms with Crippen molar-refractivity contribution in [2.24, 2.45) is 0 Å². The van der Waals surface area contributed by atoms with E-state index in [1.807, 2.05) is 0 Å². The molecule has 0 saturated heterocycles. The minimum atomic E-state index is 0.139. The van der Waals surface area contributed by atoms with Gasteiger partial charge in [0, 0.05) is 17.1 Å². The standard InChI is InChI=1S/C30H33NS/c1-29(2,3)24-9-15-27(16-10-24)31(28-17-11-25(12-18-28)30(4,5)6)26-13-7-22(8-14-26)23-19-20-32-21-23/h7-21H,1-6H3. The van der Waals surface area contributed by atoms with Crippen molar-refractivity contribution in [2.45, 2.75) is 52.4 Å². The Bertz CT molecular complexity index is 1080. The molecule has 3 aromatic carbocycles. The number of benzene rings is 3. The van der Waals surface area contributed by atoms with Crippen LogP contribution < -0.4 is 4.90 Å². The second kappa shape index (κ2) is 8.60. The van der Waals surface area contributed by atoms with E-state index in [1.54, 1.807) is 11.3 Å². The zero-order valence-electron chi connectivity index (χ0n) is 20.0. The highest BCUT2D eigenvalue weighted by Crippen LogP contribution is 2.37. The molecule has 1 aromatic heterocycles. The molecular weight excluding hydrogens is 406 g/mol. The highest BCUT2D eigenvalue weighted by Gasteiger charge is 2.18. The van der Waals surface area contributed by atoms with Gasteiger partial charge >= 0.3 is 0 Å². The van der Waals surface area contributed by atoms with Crippen LogP contribution in [0.3, 0.4) is 0 Å². The van der Waals surface area contributed by atoms with E-state index in [2.05, 4.69) is 136 Å². The van der Waals surface area contributed by atoms with E-state index in [4.69, 9.17) is 0 Å². The molecule has 0 saturated carbocycles. The second-order valence-corrected chi connectivity index (χ2v) is 11.3. The summed E-state index contributed by atoms with van der Waals surface area (Å²) in [5, 5.41) is 4.33. The molecule has 0 aliphatic rings.